The van der Waals surface area contributed by atoms with Gasteiger partial charge in [0.05, 0.1) is 0 Å². The molecule has 0 aliphatic rings. The van der Waals surface area contributed by atoms with Gasteiger partial charge in [0.25, 0.3) is 0 Å². The van der Waals surface area contributed by atoms with Crippen LogP contribution in [0.2, 0.25) is 0 Å². The van der Waals surface area contributed by atoms with E-state index >= 15 is 0 Å². The Morgan fingerprint density at radius 1 is 0.198 bits per heavy atom. The molecule has 6 heteroatoms. The molecule has 0 N–H and O–H groups in total. The van der Waals surface area contributed by atoms with Crippen LogP contribution in [0.25, 0.3) is 0 Å². The van der Waals surface area contributed by atoms with E-state index in [9.17, 15) is 14.4 Å². The molecule has 482 valence electrons. The number of carbonyl (C=O) groups is 3. The summed E-state index contributed by atoms with van der Waals surface area (Å²) in [4.78, 5) is 38.4. The van der Waals surface area contributed by atoms with Crippen LogP contribution in [0.15, 0.2) is 0 Å². The zero-order chi connectivity index (χ0) is 58.5. The van der Waals surface area contributed by atoms with Gasteiger partial charge in [-0.05, 0) is 19.3 Å². The highest BCUT2D eigenvalue weighted by Gasteiger charge is 2.20. The first-order valence-electron chi connectivity index (χ1n) is 37.5. The van der Waals surface area contributed by atoms with Crippen molar-refractivity contribution in [1.82, 2.24) is 0 Å². The summed E-state index contributed by atoms with van der Waals surface area (Å²) in [6.07, 6.45) is 84.5. The van der Waals surface area contributed by atoms with E-state index in [1.165, 1.54) is 347 Å². The zero-order valence-electron chi connectivity index (χ0n) is 55.6. The molecular formula is C75H146O6. The summed E-state index contributed by atoms with van der Waals surface area (Å²) in [5.41, 5.74) is 0. The molecule has 81 heavy (non-hydrogen) atoms. The first kappa shape index (κ1) is 79.4. The van der Waals surface area contributed by atoms with E-state index in [0.717, 1.165) is 57.8 Å². The predicted molar refractivity (Wildman–Crippen MR) is 354 cm³/mol. The van der Waals surface area contributed by atoms with Crippen molar-refractivity contribution < 1.29 is 28.6 Å². The molecule has 1 atom stereocenters. The fourth-order valence-electron chi connectivity index (χ4n) is 12.0. The maximum atomic E-state index is 12.9. The smallest absolute Gasteiger partial charge is 0.306 e. The highest BCUT2D eigenvalue weighted by Crippen LogP contribution is 2.20. The van der Waals surface area contributed by atoms with Crippen LogP contribution in [0.1, 0.15) is 445 Å². The number of rotatable bonds is 71. The van der Waals surface area contributed by atoms with Gasteiger partial charge >= 0.3 is 17.9 Å². The first-order chi connectivity index (χ1) is 40.0. The SMILES string of the molecule is CCCCCCCCCCCCCCCCCCCCCCCCCCCCCCCCCCCC(=O)OCC(COC(=O)CCCCCCCCCCCCCC)OC(=O)CCCCCCCCCCCCCCCCCCCC. The molecule has 0 amide bonds. The Balaban J connectivity index is 4.04. The number of unbranched alkanes of at least 4 members (excludes halogenated alkanes) is 60. The minimum Gasteiger partial charge on any atom is -0.462 e. The van der Waals surface area contributed by atoms with Crippen molar-refractivity contribution in [2.75, 3.05) is 13.2 Å². The number of esters is 3. The molecule has 0 aliphatic carbocycles. The molecule has 0 rings (SSSR count). The Kier molecular flexibility index (Phi) is 69.5. The lowest BCUT2D eigenvalue weighted by atomic mass is 10.0. The molecule has 0 heterocycles. The van der Waals surface area contributed by atoms with Crippen molar-refractivity contribution >= 4 is 17.9 Å². The number of hydrogen-bond acceptors (Lipinski definition) is 6. The summed E-state index contributed by atoms with van der Waals surface area (Å²) in [7, 11) is 0. The third-order valence-corrected chi connectivity index (χ3v) is 17.6. The van der Waals surface area contributed by atoms with Gasteiger partial charge in [0.15, 0.2) is 6.10 Å². The van der Waals surface area contributed by atoms with Crippen LogP contribution in [-0.2, 0) is 28.6 Å². The van der Waals surface area contributed by atoms with Gasteiger partial charge in [-0.1, -0.05) is 406 Å². The van der Waals surface area contributed by atoms with E-state index in [-0.39, 0.29) is 31.1 Å². The lowest BCUT2D eigenvalue weighted by Gasteiger charge is -2.18. The van der Waals surface area contributed by atoms with Crippen molar-refractivity contribution in [3.63, 3.8) is 0 Å². The summed E-state index contributed by atoms with van der Waals surface area (Å²) in [6.45, 7) is 6.74. The van der Waals surface area contributed by atoms with Crippen LogP contribution in [-0.4, -0.2) is 37.2 Å². The normalized spacial score (nSPS) is 11.9. The Morgan fingerprint density at radius 3 is 0.494 bits per heavy atom. The summed E-state index contributed by atoms with van der Waals surface area (Å²) in [5, 5.41) is 0. The van der Waals surface area contributed by atoms with Crippen molar-refractivity contribution in [2.24, 2.45) is 0 Å². The Morgan fingerprint density at radius 2 is 0.333 bits per heavy atom. The van der Waals surface area contributed by atoms with E-state index in [0.29, 0.717) is 19.3 Å². The lowest BCUT2D eigenvalue weighted by Crippen LogP contribution is -2.30. The average molecular weight is 1140 g/mol. The van der Waals surface area contributed by atoms with Crippen LogP contribution >= 0.6 is 0 Å². The highest BCUT2D eigenvalue weighted by atomic mass is 16.6. The molecular weight excluding hydrogens is 997 g/mol. The van der Waals surface area contributed by atoms with Gasteiger partial charge in [-0.15, -0.1) is 0 Å². The topological polar surface area (TPSA) is 78.9 Å². The Hall–Kier alpha value is -1.59. The van der Waals surface area contributed by atoms with Gasteiger partial charge < -0.3 is 14.2 Å². The van der Waals surface area contributed by atoms with Crippen LogP contribution in [0, 0.1) is 0 Å². The van der Waals surface area contributed by atoms with Crippen molar-refractivity contribution in [3.05, 3.63) is 0 Å². The van der Waals surface area contributed by atoms with Gasteiger partial charge in [0, 0.05) is 19.3 Å². The number of ether oxygens (including phenoxy) is 3. The quantitative estimate of drug-likeness (QED) is 0.0343. The summed E-state index contributed by atoms with van der Waals surface area (Å²) < 4.78 is 17.0. The predicted octanol–water partition coefficient (Wildman–Crippen LogP) is 25.8. The standard InChI is InChI=1S/C75H146O6/c1-4-7-10-13-16-19-22-25-27-29-31-32-33-34-35-36-37-38-39-40-41-42-43-44-45-47-48-50-53-56-59-62-65-68-74(77)80-71-72(70-79-73(76)67-64-61-58-55-52-24-21-18-15-12-9-6-3)81-75(78)69-66-63-60-57-54-51-49-46-30-28-26-23-20-17-14-11-8-5-2/h72H,4-71H2,1-3H3. The van der Waals surface area contributed by atoms with Crippen molar-refractivity contribution in [2.45, 2.75) is 451 Å². The maximum absolute atomic E-state index is 12.9. The molecule has 0 fully saturated rings. The van der Waals surface area contributed by atoms with Gasteiger partial charge in [-0.2, -0.15) is 0 Å². The Bertz CT molecular complexity index is 1220. The van der Waals surface area contributed by atoms with Gasteiger partial charge in [-0.3, -0.25) is 14.4 Å². The molecule has 0 radical (unpaired) electrons. The zero-order valence-corrected chi connectivity index (χ0v) is 55.6. The van der Waals surface area contributed by atoms with E-state index < -0.39 is 6.10 Å². The second-order valence-electron chi connectivity index (χ2n) is 25.9. The molecule has 6 nitrogen and oxygen atoms in total. The number of hydrogen-bond donors (Lipinski definition) is 0. The van der Waals surface area contributed by atoms with Crippen LogP contribution in [0.4, 0.5) is 0 Å². The molecule has 0 aromatic heterocycles. The summed E-state index contributed by atoms with van der Waals surface area (Å²) in [5.74, 6) is -0.821. The number of carbonyl (C=O) groups excluding carboxylic acids is 3. The Labute approximate surface area is 508 Å². The molecule has 1 unspecified atom stereocenters. The fourth-order valence-corrected chi connectivity index (χ4v) is 12.0. The largest absolute Gasteiger partial charge is 0.462 e. The van der Waals surface area contributed by atoms with Crippen LogP contribution in [0.5, 0.6) is 0 Å². The third-order valence-electron chi connectivity index (χ3n) is 17.6. The molecule has 0 saturated carbocycles. The minimum atomic E-state index is -0.763. The van der Waals surface area contributed by atoms with Crippen molar-refractivity contribution in [3.8, 4) is 0 Å². The summed E-state index contributed by atoms with van der Waals surface area (Å²) >= 11 is 0. The second kappa shape index (κ2) is 70.9. The molecule has 0 aliphatic heterocycles. The monoisotopic (exact) mass is 1140 g/mol. The van der Waals surface area contributed by atoms with Crippen molar-refractivity contribution in [1.29, 1.82) is 0 Å². The van der Waals surface area contributed by atoms with E-state index in [1.54, 1.807) is 0 Å². The highest BCUT2D eigenvalue weighted by molar-refractivity contribution is 5.71. The van der Waals surface area contributed by atoms with Gasteiger partial charge in [0.2, 0.25) is 0 Å². The molecule has 0 spiro atoms. The first-order valence-corrected chi connectivity index (χ1v) is 37.5. The van der Waals surface area contributed by atoms with E-state index in [1.807, 2.05) is 0 Å². The minimum absolute atomic E-state index is 0.0603. The summed E-state index contributed by atoms with van der Waals surface area (Å²) in [6, 6.07) is 0. The molecule has 0 saturated heterocycles. The second-order valence-corrected chi connectivity index (χ2v) is 25.9. The van der Waals surface area contributed by atoms with Gasteiger partial charge in [0.1, 0.15) is 13.2 Å². The molecule has 0 bridgehead atoms. The van der Waals surface area contributed by atoms with Gasteiger partial charge in [-0.25, -0.2) is 0 Å². The fraction of sp³-hybridized carbons (Fsp3) is 0.960. The van der Waals surface area contributed by atoms with Crippen LogP contribution in [0.3, 0.4) is 0 Å². The molecule has 0 aromatic carbocycles. The third kappa shape index (κ3) is 69.1. The maximum Gasteiger partial charge on any atom is 0.306 e. The van der Waals surface area contributed by atoms with E-state index in [4.69, 9.17) is 14.2 Å². The lowest BCUT2D eigenvalue weighted by molar-refractivity contribution is -0.167. The molecule has 0 aromatic rings. The van der Waals surface area contributed by atoms with Crippen LogP contribution < -0.4 is 0 Å². The average Bonchev–Trinajstić information content (AvgIpc) is 3.47. The van der Waals surface area contributed by atoms with E-state index in [2.05, 4.69) is 20.8 Å².